The summed E-state index contributed by atoms with van der Waals surface area (Å²) >= 11 is 0. The van der Waals surface area contributed by atoms with Crippen LogP contribution < -0.4 is 5.32 Å². The molecule has 0 bridgehead atoms. The number of nitrogens with one attached hydrogen (secondary N) is 1. The molecular weight excluding hydrogens is 249 g/mol. The van der Waals surface area contributed by atoms with Crippen molar-refractivity contribution in [2.45, 2.75) is 33.7 Å². The molecule has 0 fully saturated rings. The molecule has 1 N–H and O–H groups in total. The Morgan fingerprint density at radius 1 is 1.05 bits per heavy atom. The summed E-state index contributed by atoms with van der Waals surface area (Å²) in [6.45, 7) is 9.16. The second-order valence-corrected chi connectivity index (χ2v) is 5.34. The van der Waals surface area contributed by atoms with Crippen LogP contribution in [0.2, 0.25) is 0 Å². The number of aryl methyl sites for hydroxylation is 2. The van der Waals surface area contributed by atoms with Crippen molar-refractivity contribution in [3.8, 4) is 11.1 Å². The average molecular weight is 271 g/mol. The second-order valence-electron chi connectivity index (χ2n) is 5.34. The van der Waals surface area contributed by atoms with Crippen LogP contribution in [0.15, 0.2) is 36.4 Å². The van der Waals surface area contributed by atoms with Gasteiger partial charge < -0.3 is 5.32 Å². The first kappa shape index (κ1) is 14.7. The van der Waals surface area contributed by atoms with Gasteiger partial charge in [-0.1, -0.05) is 36.8 Å². The van der Waals surface area contributed by atoms with Gasteiger partial charge in [-0.15, -0.1) is 0 Å². The van der Waals surface area contributed by atoms with E-state index in [0.717, 1.165) is 23.2 Å². The van der Waals surface area contributed by atoms with E-state index in [2.05, 4.69) is 32.2 Å². The maximum atomic E-state index is 14.2. The highest BCUT2D eigenvalue weighted by molar-refractivity contribution is 5.69. The molecule has 0 spiro atoms. The minimum absolute atomic E-state index is 0.163. The summed E-state index contributed by atoms with van der Waals surface area (Å²) < 4.78 is 14.2. The first-order valence-corrected chi connectivity index (χ1v) is 7.13. The topological polar surface area (TPSA) is 12.0 Å². The van der Waals surface area contributed by atoms with Crippen molar-refractivity contribution in [3.63, 3.8) is 0 Å². The van der Waals surface area contributed by atoms with Gasteiger partial charge in [0, 0.05) is 11.6 Å². The van der Waals surface area contributed by atoms with Gasteiger partial charge in [-0.05, 0) is 56.1 Å². The van der Waals surface area contributed by atoms with Crippen LogP contribution in [0, 0.1) is 19.7 Å². The molecule has 2 heteroatoms. The Bertz CT molecular complexity index is 604. The molecule has 0 aromatic heterocycles. The highest BCUT2D eigenvalue weighted by Gasteiger charge is 2.11. The van der Waals surface area contributed by atoms with Gasteiger partial charge in [0.25, 0.3) is 0 Å². The monoisotopic (exact) mass is 271 g/mol. The van der Waals surface area contributed by atoms with E-state index in [0.29, 0.717) is 5.56 Å². The van der Waals surface area contributed by atoms with Gasteiger partial charge in [0.1, 0.15) is 5.82 Å². The summed E-state index contributed by atoms with van der Waals surface area (Å²) in [6.07, 6.45) is 0. The van der Waals surface area contributed by atoms with E-state index in [1.807, 2.05) is 31.2 Å². The number of hydrogen-bond acceptors (Lipinski definition) is 1. The largest absolute Gasteiger partial charge is 0.310 e. The van der Waals surface area contributed by atoms with E-state index in [1.165, 1.54) is 5.56 Å². The molecule has 1 unspecified atom stereocenters. The third kappa shape index (κ3) is 3.07. The standard InChI is InChI=1S/C18H22FN/c1-5-20-14(4)15-7-9-18(19)17(11-15)16-8-6-12(2)10-13(16)3/h6-11,14,20H,5H2,1-4H3. The van der Waals surface area contributed by atoms with Gasteiger partial charge in [0.05, 0.1) is 0 Å². The zero-order chi connectivity index (χ0) is 14.7. The lowest BCUT2D eigenvalue weighted by Crippen LogP contribution is -2.17. The Labute approximate surface area is 120 Å². The molecule has 1 nitrogen and oxygen atoms in total. The van der Waals surface area contributed by atoms with Crippen LogP contribution in [0.3, 0.4) is 0 Å². The van der Waals surface area contributed by atoms with Crippen LogP contribution >= 0.6 is 0 Å². The summed E-state index contributed by atoms with van der Waals surface area (Å²) in [5, 5.41) is 3.36. The smallest absolute Gasteiger partial charge is 0.131 e. The summed E-state index contributed by atoms with van der Waals surface area (Å²) in [5.74, 6) is -0.163. The average Bonchev–Trinajstić information content (AvgIpc) is 2.40. The molecule has 0 saturated carbocycles. The first-order valence-electron chi connectivity index (χ1n) is 7.13. The van der Waals surface area contributed by atoms with E-state index in [9.17, 15) is 4.39 Å². The maximum absolute atomic E-state index is 14.2. The van der Waals surface area contributed by atoms with Crippen LogP contribution in [0.5, 0.6) is 0 Å². The fraction of sp³-hybridized carbons (Fsp3) is 0.333. The molecule has 0 saturated heterocycles. The van der Waals surface area contributed by atoms with E-state index < -0.39 is 0 Å². The Hall–Kier alpha value is -1.67. The Balaban J connectivity index is 2.47. The predicted octanol–water partition coefficient (Wildman–Crippen LogP) is 4.78. The molecule has 0 aliphatic rings. The third-order valence-electron chi connectivity index (χ3n) is 3.67. The molecule has 2 aromatic carbocycles. The Morgan fingerprint density at radius 2 is 1.80 bits per heavy atom. The fourth-order valence-corrected chi connectivity index (χ4v) is 2.56. The van der Waals surface area contributed by atoms with Crippen LogP contribution in [0.25, 0.3) is 11.1 Å². The number of halogens is 1. The van der Waals surface area contributed by atoms with Crippen molar-refractivity contribution in [1.29, 1.82) is 0 Å². The van der Waals surface area contributed by atoms with Gasteiger partial charge >= 0.3 is 0 Å². The van der Waals surface area contributed by atoms with Crippen molar-refractivity contribution in [3.05, 3.63) is 58.9 Å². The first-order chi connectivity index (χ1) is 9.52. The zero-order valence-electron chi connectivity index (χ0n) is 12.6. The summed E-state index contributed by atoms with van der Waals surface area (Å²) in [7, 11) is 0. The number of hydrogen-bond donors (Lipinski definition) is 1. The highest BCUT2D eigenvalue weighted by Crippen LogP contribution is 2.29. The molecule has 106 valence electrons. The molecule has 0 amide bonds. The van der Waals surface area contributed by atoms with Gasteiger partial charge in [-0.3, -0.25) is 0 Å². The van der Waals surface area contributed by atoms with Gasteiger partial charge in [0.15, 0.2) is 0 Å². The molecule has 20 heavy (non-hydrogen) atoms. The summed E-state index contributed by atoms with van der Waals surface area (Å²) in [6, 6.07) is 11.7. The quantitative estimate of drug-likeness (QED) is 0.843. The van der Waals surface area contributed by atoms with Crippen molar-refractivity contribution < 1.29 is 4.39 Å². The zero-order valence-corrected chi connectivity index (χ0v) is 12.6. The van der Waals surface area contributed by atoms with Crippen molar-refractivity contribution in [1.82, 2.24) is 5.32 Å². The third-order valence-corrected chi connectivity index (χ3v) is 3.67. The Morgan fingerprint density at radius 3 is 2.45 bits per heavy atom. The SMILES string of the molecule is CCNC(C)c1ccc(F)c(-c2ccc(C)cc2C)c1. The van der Waals surface area contributed by atoms with E-state index >= 15 is 0 Å². The maximum Gasteiger partial charge on any atom is 0.131 e. The molecule has 0 heterocycles. The summed E-state index contributed by atoms with van der Waals surface area (Å²) in [4.78, 5) is 0. The van der Waals surface area contributed by atoms with E-state index in [-0.39, 0.29) is 11.9 Å². The van der Waals surface area contributed by atoms with Crippen molar-refractivity contribution in [2.24, 2.45) is 0 Å². The van der Waals surface area contributed by atoms with E-state index in [4.69, 9.17) is 0 Å². The normalized spacial score (nSPS) is 12.4. The lowest BCUT2D eigenvalue weighted by molar-refractivity contribution is 0.593. The Kier molecular flexibility index (Phi) is 4.56. The molecule has 2 rings (SSSR count). The number of rotatable bonds is 4. The van der Waals surface area contributed by atoms with Gasteiger partial charge in [-0.2, -0.15) is 0 Å². The minimum atomic E-state index is -0.163. The fourth-order valence-electron chi connectivity index (χ4n) is 2.56. The van der Waals surface area contributed by atoms with Crippen LogP contribution in [0.4, 0.5) is 4.39 Å². The van der Waals surface area contributed by atoms with E-state index in [1.54, 1.807) is 6.07 Å². The molecular formula is C18H22FN. The van der Waals surface area contributed by atoms with Crippen LogP contribution in [-0.2, 0) is 0 Å². The van der Waals surface area contributed by atoms with Gasteiger partial charge in [0.2, 0.25) is 0 Å². The minimum Gasteiger partial charge on any atom is -0.310 e. The van der Waals surface area contributed by atoms with Crippen LogP contribution in [0.1, 0.15) is 36.6 Å². The second kappa shape index (κ2) is 6.19. The molecule has 1 atom stereocenters. The van der Waals surface area contributed by atoms with Gasteiger partial charge in [-0.25, -0.2) is 4.39 Å². The predicted molar refractivity (Wildman–Crippen MR) is 83.4 cm³/mol. The molecule has 0 radical (unpaired) electrons. The lowest BCUT2D eigenvalue weighted by Gasteiger charge is -2.15. The van der Waals surface area contributed by atoms with Crippen molar-refractivity contribution >= 4 is 0 Å². The molecule has 0 aliphatic carbocycles. The molecule has 0 aliphatic heterocycles. The molecule has 2 aromatic rings. The van der Waals surface area contributed by atoms with Crippen molar-refractivity contribution in [2.75, 3.05) is 6.54 Å². The lowest BCUT2D eigenvalue weighted by atomic mass is 9.95. The highest BCUT2D eigenvalue weighted by atomic mass is 19.1. The summed E-state index contributed by atoms with van der Waals surface area (Å²) in [5.41, 5.74) is 5.08. The number of benzene rings is 2. The van der Waals surface area contributed by atoms with Crippen LogP contribution in [-0.4, -0.2) is 6.54 Å².